The number of carbonyl (C=O) groups excluding carboxylic acids is 1. The van der Waals surface area contributed by atoms with Crippen LogP contribution in [0.3, 0.4) is 0 Å². The van der Waals surface area contributed by atoms with Crippen molar-refractivity contribution in [3.8, 4) is 5.75 Å². The SMILES string of the molecule is CC(C)Oc1ccc(CNC(=O)C2CCN(c3nc4ccccc4n3Cc3ccccc3F)CC2)cc1. The lowest BCUT2D eigenvalue weighted by atomic mass is 9.96. The van der Waals surface area contributed by atoms with Gasteiger partial charge in [0.05, 0.1) is 23.7 Å². The third-order valence-electron chi connectivity index (χ3n) is 6.83. The largest absolute Gasteiger partial charge is 0.491 e. The summed E-state index contributed by atoms with van der Waals surface area (Å²) < 4.78 is 22.2. The molecule has 0 radical (unpaired) electrons. The number of halogens is 1. The summed E-state index contributed by atoms with van der Waals surface area (Å²) >= 11 is 0. The number of hydrogen-bond acceptors (Lipinski definition) is 4. The van der Waals surface area contributed by atoms with E-state index in [1.807, 2.05) is 74.5 Å². The lowest BCUT2D eigenvalue weighted by molar-refractivity contribution is -0.125. The Kier molecular flexibility index (Phi) is 7.40. The molecule has 1 aliphatic rings. The fourth-order valence-electron chi connectivity index (χ4n) is 4.89. The highest BCUT2D eigenvalue weighted by molar-refractivity contribution is 5.80. The van der Waals surface area contributed by atoms with Crippen LogP contribution in [0, 0.1) is 11.7 Å². The first-order chi connectivity index (χ1) is 18.0. The minimum absolute atomic E-state index is 0.0378. The number of hydrogen-bond donors (Lipinski definition) is 1. The van der Waals surface area contributed by atoms with Crippen molar-refractivity contribution in [2.75, 3.05) is 18.0 Å². The smallest absolute Gasteiger partial charge is 0.223 e. The summed E-state index contributed by atoms with van der Waals surface area (Å²) in [6.45, 7) is 6.35. The molecule has 1 amide bonds. The molecule has 6 nitrogen and oxygen atoms in total. The van der Waals surface area contributed by atoms with Gasteiger partial charge in [0, 0.05) is 31.1 Å². The first kappa shape index (κ1) is 24.8. The second kappa shape index (κ2) is 11.0. The van der Waals surface area contributed by atoms with Crippen molar-refractivity contribution >= 4 is 22.9 Å². The molecule has 0 saturated carbocycles. The third-order valence-corrected chi connectivity index (χ3v) is 6.83. The van der Waals surface area contributed by atoms with Crippen LogP contribution in [0.1, 0.15) is 37.8 Å². The second-order valence-corrected chi connectivity index (χ2v) is 9.87. The number of carbonyl (C=O) groups is 1. The average Bonchev–Trinajstić information content (AvgIpc) is 3.27. The molecule has 1 fully saturated rings. The molecule has 192 valence electrons. The second-order valence-electron chi connectivity index (χ2n) is 9.87. The predicted molar refractivity (Wildman–Crippen MR) is 144 cm³/mol. The number of para-hydroxylation sites is 2. The molecule has 0 spiro atoms. The number of imidazole rings is 1. The van der Waals surface area contributed by atoms with Gasteiger partial charge in [-0.3, -0.25) is 4.79 Å². The predicted octanol–water partition coefficient (Wildman–Crippen LogP) is 5.54. The summed E-state index contributed by atoms with van der Waals surface area (Å²) in [6.07, 6.45) is 1.62. The Morgan fingerprint density at radius 1 is 1.03 bits per heavy atom. The molecule has 4 aromatic rings. The van der Waals surface area contributed by atoms with Crippen LogP contribution in [0.4, 0.5) is 10.3 Å². The van der Waals surface area contributed by atoms with Gasteiger partial charge in [-0.1, -0.05) is 42.5 Å². The number of aromatic nitrogens is 2. The van der Waals surface area contributed by atoms with Gasteiger partial charge in [0.1, 0.15) is 11.6 Å². The van der Waals surface area contributed by atoms with E-state index in [4.69, 9.17) is 9.72 Å². The van der Waals surface area contributed by atoms with Crippen LogP contribution in [0.25, 0.3) is 11.0 Å². The maximum Gasteiger partial charge on any atom is 0.223 e. The van der Waals surface area contributed by atoms with E-state index in [0.717, 1.165) is 54.2 Å². The molecule has 1 N–H and O–H groups in total. The molecule has 5 rings (SSSR count). The van der Waals surface area contributed by atoms with E-state index in [0.29, 0.717) is 18.7 Å². The van der Waals surface area contributed by atoms with Gasteiger partial charge in [0.2, 0.25) is 11.9 Å². The molecule has 0 aliphatic carbocycles. The molecule has 37 heavy (non-hydrogen) atoms. The summed E-state index contributed by atoms with van der Waals surface area (Å²) in [4.78, 5) is 20.0. The normalized spacial score (nSPS) is 14.3. The number of fused-ring (bicyclic) bond motifs is 1. The fourth-order valence-corrected chi connectivity index (χ4v) is 4.89. The van der Waals surface area contributed by atoms with Crippen LogP contribution in [0.15, 0.2) is 72.8 Å². The molecular formula is C30H33FN4O2. The quantitative estimate of drug-likeness (QED) is 0.345. The van der Waals surface area contributed by atoms with E-state index < -0.39 is 0 Å². The van der Waals surface area contributed by atoms with E-state index in [2.05, 4.69) is 14.8 Å². The molecular weight excluding hydrogens is 467 g/mol. The van der Waals surface area contributed by atoms with E-state index in [1.165, 1.54) is 6.07 Å². The number of ether oxygens (including phenoxy) is 1. The molecule has 2 heterocycles. The number of amides is 1. The van der Waals surface area contributed by atoms with Crippen LogP contribution in [0.2, 0.25) is 0 Å². The molecule has 0 unspecified atom stereocenters. The Labute approximate surface area is 217 Å². The number of nitrogens with zero attached hydrogens (tertiary/aromatic N) is 3. The topological polar surface area (TPSA) is 59.4 Å². The number of piperidine rings is 1. The Morgan fingerprint density at radius 2 is 1.73 bits per heavy atom. The third kappa shape index (κ3) is 5.77. The molecule has 0 atom stereocenters. The zero-order valence-electron chi connectivity index (χ0n) is 21.4. The van der Waals surface area contributed by atoms with Crippen LogP contribution in [-0.2, 0) is 17.9 Å². The van der Waals surface area contributed by atoms with Crippen molar-refractivity contribution in [2.24, 2.45) is 5.92 Å². The number of nitrogens with one attached hydrogen (secondary N) is 1. The van der Waals surface area contributed by atoms with Gasteiger partial charge in [-0.2, -0.15) is 0 Å². The molecule has 0 bridgehead atoms. The minimum Gasteiger partial charge on any atom is -0.491 e. The molecule has 1 saturated heterocycles. The molecule has 3 aromatic carbocycles. The van der Waals surface area contributed by atoms with Crippen molar-refractivity contribution < 1.29 is 13.9 Å². The number of rotatable bonds is 8. The summed E-state index contributed by atoms with van der Waals surface area (Å²) in [7, 11) is 0. The van der Waals surface area contributed by atoms with Gasteiger partial charge in [-0.05, 0) is 62.6 Å². The average molecular weight is 501 g/mol. The van der Waals surface area contributed by atoms with E-state index in [1.54, 1.807) is 6.07 Å². The van der Waals surface area contributed by atoms with Gasteiger partial charge in [-0.25, -0.2) is 9.37 Å². The molecule has 1 aliphatic heterocycles. The van der Waals surface area contributed by atoms with Gasteiger partial charge >= 0.3 is 0 Å². The van der Waals surface area contributed by atoms with E-state index in [9.17, 15) is 9.18 Å². The summed E-state index contributed by atoms with van der Waals surface area (Å²) in [5.74, 6) is 1.49. The zero-order chi connectivity index (χ0) is 25.8. The zero-order valence-corrected chi connectivity index (χ0v) is 21.4. The van der Waals surface area contributed by atoms with Crippen molar-refractivity contribution in [2.45, 2.75) is 45.9 Å². The van der Waals surface area contributed by atoms with Crippen LogP contribution < -0.4 is 15.0 Å². The Morgan fingerprint density at radius 3 is 2.46 bits per heavy atom. The maximum absolute atomic E-state index is 14.5. The van der Waals surface area contributed by atoms with Crippen molar-refractivity contribution in [1.29, 1.82) is 0 Å². The van der Waals surface area contributed by atoms with Crippen molar-refractivity contribution in [3.63, 3.8) is 0 Å². The Balaban J connectivity index is 1.22. The number of anilines is 1. The van der Waals surface area contributed by atoms with Crippen molar-refractivity contribution in [1.82, 2.24) is 14.9 Å². The van der Waals surface area contributed by atoms with E-state index >= 15 is 0 Å². The highest BCUT2D eigenvalue weighted by Gasteiger charge is 2.28. The number of benzene rings is 3. The van der Waals surface area contributed by atoms with Gasteiger partial charge in [0.25, 0.3) is 0 Å². The van der Waals surface area contributed by atoms with Gasteiger partial charge in [0.15, 0.2) is 0 Å². The van der Waals surface area contributed by atoms with E-state index in [-0.39, 0.29) is 23.7 Å². The minimum atomic E-state index is -0.219. The Hall–Kier alpha value is -3.87. The van der Waals surface area contributed by atoms with Crippen LogP contribution in [0.5, 0.6) is 5.75 Å². The fraction of sp³-hybridized carbons (Fsp3) is 0.333. The molecule has 7 heteroatoms. The lowest BCUT2D eigenvalue weighted by Gasteiger charge is -2.32. The maximum atomic E-state index is 14.5. The summed E-state index contributed by atoms with van der Waals surface area (Å²) in [5.41, 5.74) is 3.54. The molecule has 1 aromatic heterocycles. The van der Waals surface area contributed by atoms with Crippen LogP contribution >= 0.6 is 0 Å². The summed E-state index contributed by atoms with van der Waals surface area (Å²) in [6, 6.07) is 22.7. The lowest BCUT2D eigenvalue weighted by Crippen LogP contribution is -2.41. The highest BCUT2D eigenvalue weighted by Crippen LogP contribution is 2.28. The van der Waals surface area contributed by atoms with Gasteiger partial charge in [-0.15, -0.1) is 0 Å². The highest BCUT2D eigenvalue weighted by atomic mass is 19.1. The Bertz CT molecular complexity index is 1360. The van der Waals surface area contributed by atoms with Gasteiger partial charge < -0.3 is 19.5 Å². The first-order valence-electron chi connectivity index (χ1n) is 12.9. The standard InChI is InChI=1S/C30H33FN4O2/c1-21(2)37-25-13-11-22(12-14-25)19-32-29(36)23-15-17-34(18-16-23)30-33-27-9-5-6-10-28(27)35(30)20-24-7-3-4-8-26(24)31/h3-14,21,23H,15-20H2,1-2H3,(H,32,36). The van der Waals surface area contributed by atoms with Crippen LogP contribution in [-0.4, -0.2) is 34.7 Å². The first-order valence-corrected chi connectivity index (χ1v) is 12.9. The van der Waals surface area contributed by atoms with Crippen molar-refractivity contribution in [3.05, 3.63) is 89.7 Å². The monoisotopic (exact) mass is 500 g/mol. The summed E-state index contributed by atoms with van der Waals surface area (Å²) in [5, 5.41) is 3.09.